The van der Waals surface area contributed by atoms with Gasteiger partial charge in [-0.1, -0.05) is 6.92 Å². The van der Waals surface area contributed by atoms with Crippen LogP contribution in [0, 0.1) is 5.41 Å². The molecule has 22 heavy (non-hydrogen) atoms. The number of hydrogen-bond acceptors (Lipinski definition) is 3. The maximum Gasteiger partial charge on any atom is 0.311 e. The lowest BCUT2D eigenvalue weighted by atomic mass is 9.72. The Kier molecular flexibility index (Phi) is 3.93. The van der Waals surface area contributed by atoms with Gasteiger partial charge in [0.05, 0.1) is 5.41 Å². The summed E-state index contributed by atoms with van der Waals surface area (Å²) in [6.45, 7) is 2.65. The number of fused-ring (bicyclic) bond motifs is 2. The van der Waals surface area contributed by atoms with E-state index in [-0.39, 0.29) is 18.0 Å². The van der Waals surface area contributed by atoms with Gasteiger partial charge in [-0.25, -0.2) is 0 Å². The maximum atomic E-state index is 12.6. The molecule has 1 aromatic heterocycles. The van der Waals surface area contributed by atoms with Crippen molar-refractivity contribution < 1.29 is 14.7 Å². The molecule has 0 radical (unpaired) electrons. The minimum atomic E-state index is -0.739. The highest BCUT2D eigenvalue weighted by Crippen LogP contribution is 2.52. The summed E-state index contributed by atoms with van der Waals surface area (Å²) < 4.78 is 1.82. The fourth-order valence-electron chi connectivity index (χ4n) is 4.27. The Labute approximate surface area is 130 Å². The van der Waals surface area contributed by atoms with Crippen LogP contribution in [0.3, 0.4) is 0 Å². The average molecular weight is 305 g/mol. The molecule has 0 aliphatic carbocycles. The Bertz CT molecular complexity index is 557. The molecule has 6 heteroatoms. The summed E-state index contributed by atoms with van der Waals surface area (Å²) in [6, 6.07) is 1.88. The Hall–Kier alpha value is -1.85. The lowest BCUT2D eigenvalue weighted by Crippen LogP contribution is -2.44. The topological polar surface area (TPSA) is 75.4 Å². The van der Waals surface area contributed by atoms with E-state index in [1.54, 1.807) is 6.20 Å². The second-order valence-electron chi connectivity index (χ2n) is 6.44. The molecule has 0 unspecified atom stereocenters. The summed E-state index contributed by atoms with van der Waals surface area (Å²) in [4.78, 5) is 26.2. The fourth-order valence-corrected chi connectivity index (χ4v) is 4.27. The first-order valence-electron chi connectivity index (χ1n) is 8.10. The average Bonchev–Trinajstić information content (AvgIpc) is 3.21. The Morgan fingerprint density at radius 1 is 1.41 bits per heavy atom. The van der Waals surface area contributed by atoms with Crippen LogP contribution in [0.1, 0.15) is 45.4 Å². The monoisotopic (exact) mass is 305 g/mol. The van der Waals surface area contributed by atoms with Crippen molar-refractivity contribution in [1.29, 1.82) is 0 Å². The maximum absolute atomic E-state index is 12.6. The molecule has 2 saturated heterocycles. The molecule has 1 amide bonds. The first kappa shape index (κ1) is 15.1. The molecular weight excluding hydrogens is 282 g/mol. The molecule has 2 bridgehead atoms. The molecule has 2 aliphatic rings. The number of aryl methyl sites for hydroxylation is 1. The SMILES string of the molecule is CC[C@@]1(C(=O)O)C[C@@H]2CC[C@H]1N2C(=O)CCCn1cccn1. The quantitative estimate of drug-likeness (QED) is 0.871. The number of nitrogens with zero attached hydrogens (tertiary/aromatic N) is 3. The molecular formula is C16H23N3O3. The highest BCUT2D eigenvalue weighted by Gasteiger charge is 2.60. The summed E-state index contributed by atoms with van der Waals surface area (Å²) in [5, 5.41) is 13.8. The van der Waals surface area contributed by atoms with Crippen molar-refractivity contribution in [3.8, 4) is 0 Å². The normalized spacial score (nSPS) is 30.0. The van der Waals surface area contributed by atoms with E-state index >= 15 is 0 Å². The van der Waals surface area contributed by atoms with Crippen molar-refractivity contribution in [2.24, 2.45) is 5.41 Å². The van der Waals surface area contributed by atoms with E-state index in [2.05, 4.69) is 5.10 Å². The lowest BCUT2D eigenvalue weighted by Gasteiger charge is -2.32. The van der Waals surface area contributed by atoms with E-state index in [1.165, 1.54) is 0 Å². The predicted molar refractivity (Wildman–Crippen MR) is 80.1 cm³/mol. The molecule has 0 aromatic carbocycles. The zero-order valence-electron chi connectivity index (χ0n) is 12.9. The predicted octanol–water partition coefficient (Wildman–Crippen LogP) is 1.91. The third-order valence-electron chi connectivity index (χ3n) is 5.42. The van der Waals surface area contributed by atoms with Crippen LogP contribution in [0.15, 0.2) is 18.5 Å². The molecule has 6 nitrogen and oxygen atoms in total. The zero-order chi connectivity index (χ0) is 15.7. The Morgan fingerprint density at radius 3 is 2.82 bits per heavy atom. The van der Waals surface area contributed by atoms with Gasteiger partial charge in [0.1, 0.15) is 0 Å². The number of carboxylic acid groups (broad SMARTS) is 1. The summed E-state index contributed by atoms with van der Waals surface area (Å²) in [6.07, 6.45) is 7.81. The summed E-state index contributed by atoms with van der Waals surface area (Å²) in [7, 11) is 0. The van der Waals surface area contributed by atoms with Crippen LogP contribution in [0.5, 0.6) is 0 Å². The molecule has 0 saturated carbocycles. The van der Waals surface area contributed by atoms with Crippen molar-refractivity contribution in [3.05, 3.63) is 18.5 Å². The number of carbonyl (C=O) groups excluding carboxylic acids is 1. The van der Waals surface area contributed by atoms with E-state index < -0.39 is 11.4 Å². The minimum Gasteiger partial charge on any atom is -0.481 e. The van der Waals surface area contributed by atoms with Gasteiger partial charge < -0.3 is 10.0 Å². The van der Waals surface area contributed by atoms with Crippen LogP contribution in [0.25, 0.3) is 0 Å². The minimum absolute atomic E-state index is 0.108. The number of amides is 1. The fraction of sp³-hybridized carbons (Fsp3) is 0.688. The second-order valence-corrected chi connectivity index (χ2v) is 6.44. The van der Waals surface area contributed by atoms with Gasteiger partial charge in [0, 0.05) is 37.4 Å². The van der Waals surface area contributed by atoms with Crippen LogP contribution < -0.4 is 0 Å². The van der Waals surface area contributed by atoms with Crippen molar-refractivity contribution in [2.75, 3.05) is 0 Å². The largest absolute Gasteiger partial charge is 0.481 e. The number of carboxylic acids is 1. The number of carbonyl (C=O) groups is 2. The van der Waals surface area contributed by atoms with Crippen LogP contribution in [0.4, 0.5) is 0 Å². The van der Waals surface area contributed by atoms with Crippen molar-refractivity contribution in [2.45, 2.75) is 64.1 Å². The van der Waals surface area contributed by atoms with Gasteiger partial charge in [0.15, 0.2) is 0 Å². The third-order valence-corrected chi connectivity index (χ3v) is 5.42. The second kappa shape index (κ2) is 5.74. The van der Waals surface area contributed by atoms with Crippen LogP contribution in [0.2, 0.25) is 0 Å². The van der Waals surface area contributed by atoms with Crippen LogP contribution in [-0.2, 0) is 16.1 Å². The van der Waals surface area contributed by atoms with E-state index in [0.717, 1.165) is 25.8 Å². The number of aromatic nitrogens is 2. The number of rotatable bonds is 6. The Morgan fingerprint density at radius 2 is 2.23 bits per heavy atom. The van der Waals surface area contributed by atoms with Gasteiger partial charge >= 0.3 is 5.97 Å². The van der Waals surface area contributed by atoms with Crippen LogP contribution in [-0.4, -0.2) is 43.7 Å². The Balaban J connectivity index is 1.62. The van der Waals surface area contributed by atoms with Gasteiger partial charge in [-0.05, 0) is 38.2 Å². The number of aliphatic carboxylic acids is 1. The van der Waals surface area contributed by atoms with Gasteiger partial charge in [-0.15, -0.1) is 0 Å². The van der Waals surface area contributed by atoms with E-state index in [4.69, 9.17) is 0 Å². The number of hydrogen-bond donors (Lipinski definition) is 1. The highest BCUT2D eigenvalue weighted by atomic mass is 16.4. The molecule has 3 rings (SSSR count). The molecule has 2 aliphatic heterocycles. The molecule has 1 N–H and O–H groups in total. The summed E-state index contributed by atoms with van der Waals surface area (Å²) in [5.74, 6) is -0.632. The third kappa shape index (κ3) is 2.30. The molecule has 3 atom stereocenters. The summed E-state index contributed by atoms with van der Waals surface area (Å²) in [5.41, 5.74) is -0.722. The molecule has 0 spiro atoms. The standard InChI is InChI=1S/C16H23N3O3/c1-2-16(15(21)22)11-12-6-7-13(16)19(12)14(20)5-3-9-18-10-4-8-17-18/h4,8,10,12-13H,2-3,5-7,9,11H2,1H3,(H,21,22)/t12-,13+,16+/m0/s1. The highest BCUT2D eigenvalue weighted by molar-refractivity contribution is 5.82. The van der Waals surface area contributed by atoms with Crippen LogP contribution >= 0.6 is 0 Å². The smallest absolute Gasteiger partial charge is 0.311 e. The molecule has 3 heterocycles. The van der Waals surface area contributed by atoms with Crippen molar-refractivity contribution in [1.82, 2.24) is 14.7 Å². The van der Waals surface area contributed by atoms with E-state index in [9.17, 15) is 14.7 Å². The van der Waals surface area contributed by atoms with Crippen molar-refractivity contribution in [3.63, 3.8) is 0 Å². The zero-order valence-corrected chi connectivity index (χ0v) is 12.9. The van der Waals surface area contributed by atoms with Gasteiger partial charge in [-0.3, -0.25) is 14.3 Å². The van der Waals surface area contributed by atoms with Crippen molar-refractivity contribution >= 4 is 11.9 Å². The van der Waals surface area contributed by atoms with Gasteiger partial charge in [-0.2, -0.15) is 5.10 Å². The first-order valence-corrected chi connectivity index (χ1v) is 8.10. The molecule has 1 aromatic rings. The van der Waals surface area contributed by atoms with E-state index in [0.29, 0.717) is 19.3 Å². The van der Waals surface area contributed by atoms with E-state index in [1.807, 2.05) is 28.8 Å². The molecule has 120 valence electrons. The lowest BCUT2D eigenvalue weighted by molar-refractivity contribution is -0.151. The van der Waals surface area contributed by atoms with Gasteiger partial charge in [0.2, 0.25) is 5.91 Å². The first-order chi connectivity index (χ1) is 10.6. The van der Waals surface area contributed by atoms with Gasteiger partial charge in [0.25, 0.3) is 0 Å². The molecule has 2 fully saturated rings. The summed E-state index contributed by atoms with van der Waals surface area (Å²) >= 11 is 0.